The quantitative estimate of drug-likeness (QED) is 0.858. The first-order valence-corrected chi connectivity index (χ1v) is 9.27. The van der Waals surface area contributed by atoms with Gasteiger partial charge in [-0.2, -0.15) is 11.3 Å². The lowest BCUT2D eigenvalue weighted by molar-refractivity contribution is -0.122. The molecule has 2 aromatic rings. The maximum atomic E-state index is 12.7. The zero-order chi connectivity index (χ0) is 17.4. The second-order valence-electron chi connectivity index (χ2n) is 6.30. The predicted molar refractivity (Wildman–Crippen MR) is 97.2 cm³/mol. The number of thiophene rings is 1. The van der Waals surface area contributed by atoms with Crippen molar-refractivity contribution in [3.63, 3.8) is 0 Å². The van der Waals surface area contributed by atoms with Gasteiger partial charge in [0.15, 0.2) is 6.10 Å². The van der Waals surface area contributed by atoms with Gasteiger partial charge in [0, 0.05) is 12.2 Å². The summed E-state index contributed by atoms with van der Waals surface area (Å²) in [5.41, 5.74) is 2.41. The van der Waals surface area contributed by atoms with Crippen LogP contribution in [0, 0.1) is 0 Å². The Kier molecular flexibility index (Phi) is 4.09. The number of fused-ring (bicyclic) bond motifs is 1. The zero-order valence-corrected chi connectivity index (χ0v) is 14.6. The van der Waals surface area contributed by atoms with Crippen LogP contribution in [0.5, 0.6) is 5.75 Å². The summed E-state index contributed by atoms with van der Waals surface area (Å²) in [6.45, 7) is 2.45. The molecule has 0 unspecified atom stereocenters. The summed E-state index contributed by atoms with van der Waals surface area (Å²) >= 11 is 1.65. The highest BCUT2D eigenvalue weighted by Crippen LogP contribution is 2.35. The van der Waals surface area contributed by atoms with Crippen LogP contribution in [0.25, 0.3) is 0 Å². The molecule has 6 nitrogen and oxygen atoms in total. The van der Waals surface area contributed by atoms with Crippen LogP contribution in [0.3, 0.4) is 0 Å². The molecular weight excluding hydrogens is 338 g/mol. The number of carbonyl (C=O) groups is 2. The monoisotopic (exact) mass is 357 g/mol. The van der Waals surface area contributed by atoms with Crippen LogP contribution in [-0.2, 0) is 4.79 Å². The summed E-state index contributed by atoms with van der Waals surface area (Å²) in [6, 6.07) is 7.37. The van der Waals surface area contributed by atoms with Crippen molar-refractivity contribution < 1.29 is 14.3 Å². The molecule has 0 radical (unpaired) electrons. The second kappa shape index (κ2) is 6.40. The van der Waals surface area contributed by atoms with E-state index in [1.807, 2.05) is 10.3 Å². The molecule has 0 bridgehead atoms. The minimum Gasteiger partial charge on any atom is -0.479 e. The molecule has 1 aromatic carbocycles. The molecule has 0 saturated carbocycles. The third-order valence-electron chi connectivity index (χ3n) is 4.60. The molecule has 25 heavy (non-hydrogen) atoms. The number of nitrogens with one attached hydrogen (secondary N) is 2. The van der Waals surface area contributed by atoms with Crippen LogP contribution in [0.2, 0.25) is 0 Å². The molecule has 2 atom stereocenters. The lowest BCUT2D eigenvalue weighted by atomic mass is 10.1. The number of benzene rings is 1. The van der Waals surface area contributed by atoms with Crippen molar-refractivity contribution in [3.05, 3.63) is 40.6 Å². The van der Waals surface area contributed by atoms with Gasteiger partial charge in [0.1, 0.15) is 5.75 Å². The predicted octanol–water partition coefficient (Wildman–Crippen LogP) is 3.84. The molecule has 1 fully saturated rings. The smallest absolute Gasteiger partial charge is 0.322 e. The number of amides is 3. The Labute approximate surface area is 149 Å². The van der Waals surface area contributed by atoms with E-state index in [1.165, 1.54) is 5.56 Å². The van der Waals surface area contributed by atoms with E-state index < -0.39 is 6.10 Å². The average molecular weight is 357 g/mol. The SMILES string of the molecule is C[C@H]1Oc2ccc(NC(=O)N3CCC[C@@H]3c3ccsc3)cc2NC1=O. The minimum absolute atomic E-state index is 0.120. The average Bonchev–Trinajstić information content (AvgIpc) is 3.27. The van der Waals surface area contributed by atoms with Crippen molar-refractivity contribution in [2.75, 3.05) is 17.2 Å². The topological polar surface area (TPSA) is 70.7 Å². The molecule has 2 aliphatic heterocycles. The lowest BCUT2D eigenvalue weighted by Gasteiger charge is -2.26. The Bertz CT molecular complexity index is 806. The van der Waals surface area contributed by atoms with Gasteiger partial charge >= 0.3 is 6.03 Å². The van der Waals surface area contributed by atoms with Gasteiger partial charge in [0.05, 0.1) is 11.7 Å². The Balaban J connectivity index is 1.50. The van der Waals surface area contributed by atoms with E-state index in [2.05, 4.69) is 22.1 Å². The highest BCUT2D eigenvalue weighted by Gasteiger charge is 2.30. The van der Waals surface area contributed by atoms with Crippen LogP contribution in [0.4, 0.5) is 16.2 Å². The first-order chi connectivity index (χ1) is 12.1. The van der Waals surface area contributed by atoms with E-state index >= 15 is 0 Å². The fraction of sp³-hybridized carbons (Fsp3) is 0.333. The Morgan fingerprint density at radius 3 is 3.08 bits per heavy atom. The molecule has 130 valence electrons. The summed E-state index contributed by atoms with van der Waals surface area (Å²) in [5.74, 6) is 0.426. The summed E-state index contributed by atoms with van der Waals surface area (Å²) in [5, 5.41) is 9.87. The number of anilines is 2. The normalized spacial score (nSPS) is 22.1. The number of carbonyl (C=O) groups excluding carboxylic acids is 2. The van der Waals surface area contributed by atoms with Gasteiger partial charge in [0.2, 0.25) is 0 Å². The largest absolute Gasteiger partial charge is 0.479 e. The molecule has 1 saturated heterocycles. The van der Waals surface area contributed by atoms with Gasteiger partial charge in [-0.15, -0.1) is 0 Å². The van der Waals surface area contributed by atoms with Crippen LogP contribution >= 0.6 is 11.3 Å². The van der Waals surface area contributed by atoms with Gasteiger partial charge in [-0.25, -0.2) is 4.79 Å². The summed E-state index contributed by atoms with van der Waals surface area (Å²) in [6.07, 6.45) is 1.47. The standard InChI is InChI=1S/C18H19N3O3S/c1-11-17(22)20-14-9-13(4-5-16(14)24-11)19-18(23)21-7-2-3-15(21)12-6-8-25-10-12/h4-6,8-11,15H,2-3,7H2,1H3,(H,19,23)(H,20,22)/t11-,15-/m1/s1. The molecule has 3 amide bonds. The van der Waals surface area contributed by atoms with Crippen molar-refractivity contribution >= 4 is 34.6 Å². The Hall–Kier alpha value is -2.54. The van der Waals surface area contributed by atoms with E-state index in [4.69, 9.17) is 4.74 Å². The molecule has 0 aliphatic carbocycles. The third-order valence-corrected chi connectivity index (χ3v) is 5.30. The third kappa shape index (κ3) is 3.07. The number of likely N-dealkylation sites (tertiary alicyclic amines) is 1. The minimum atomic E-state index is -0.510. The first-order valence-electron chi connectivity index (χ1n) is 8.33. The molecule has 1 aromatic heterocycles. The molecule has 3 heterocycles. The van der Waals surface area contributed by atoms with E-state index in [0.29, 0.717) is 17.1 Å². The Morgan fingerprint density at radius 2 is 2.28 bits per heavy atom. The van der Waals surface area contributed by atoms with Gasteiger partial charge in [0.25, 0.3) is 5.91 Å². The fourth-order valence-corrected chi connectivity index (χ4v) is 4.01. The summed E-state index contributed by atoms with van der Waals surface area (Å²) in [7, 11) is 0. The maximum Gasteiger partial charge on any atom is 0.322 e. The van der Waals surface area contributed by atoms with Crippen molar-refractivity contribution in [3.8, 4) is 5.75 Å². The molecule has 4 rings (SSSR count). The van der Waals surface area contributed by atoms with Gasteiger partial charge < -0.3 is 20.3 Å². The number of hydrogen-bond donors (Lipinski definition) is 2. The van der Waals surface area contributed by atoms with E-state index in [9.17, 15) is 9.59 Å². The summed E-state index contributed by atoms with van der Waals surface area (Å²) in [4.78, 5) is 26.3. The summed E-state index contributed by atoms with van der Waals surface area (Å²) < 4.78 is 5.54. The maximum absolute atomic E-state index is 12.7. The van der Waals surface area contributed by atoms with E-state index in [-0.39, 0.29) is 18.0 Å². The number of urea groups is 1. The molecular formula is C18H19N3O3S. The zero-order valence-electron chi connectivity index (χ0n) is 13.8. The number of rotatable bonds is 2. The lowest BCUT2D eigenvalue weighted by Crippen LogP contribution is -2.35. The van der Waals surface area contributed by atoms with Crippen LogP contribution < -0.4 is 15.4 Å². The van der Waals surface area contributed by atoms with Crippen molar-refractivity contribution in [2.24, 2.45) is 0 Å². The van der Waals surface area contributed by atoms with Crippen LogP contribution in [-0.4, -0.2) is 29.5 Å². The highest BCUT2D eigenvalue weighted by atomic mass is 32.1. The Morgan fingerprint density at radius 1 is 1.40 bits per heavy atom. The van der Waals surface area contributed by atoms with Crippen molar-refractivity contribution in [1.82, 2.24) is 4.90 Å². The first kappa shape index (κ1) is 16.0. The number of hydrogen-bond acceptors (Lipinski definition) is 4. The number of nitrogens with zero attached hydrogens (tertiary/aromatic N) is 1. The number of ether oxygens (including phenoxy) is 1. The van der Waals surface area contributed by atoms with Crippen molar-refractivity contribution in [1.29, 1.82) is 0 Å². The molecule has 7 heteroatoms. The van der Waals surface area contributed by atoms with Gasteiger partial charge in [-0.3, -0.25) is 4.79 Å². The molecule has 2 aliphatic rings. The molecule has 0 spiro atoms. The van der Waals surface area contributed by atoms with E-state index in [0.717, 1.165) is 19.4 Å². The second-order valence-corrected chi connectivity index (χ2v) is 7.08. The highest BCUT2D eigenvalue weighted by molar-refractivity contribution is 7.08. The van der Waals surface area contributed by atoms with E-state index in [1.54, 1.807) is 36.5 Å². The fourth-order valence-electron chi connectivity index (χ4n) is 3.30. The molecule has 2 N–H and O–H groups in total. The van der Waals surface area contributed by atoms with Crippen LogP contribution in [0.1, 0.15) is 31.4 Å². The van der Waals surface area contributed by atoms with Crippen molar-refractivity contribution in [2.45, 2.75) is 31.9 Å². The van der Waals surface area contributed by atoms with Gasteiger partial charge in [-0.1, -0.05) is 0 Å². The van der Waals surface area contributed by atoms with Crippen LogP contribution in [0.15, 0.2) is 35.0 Å². The van der Waals surface area contributed by atoms with Gasteiger partial charge in [-0.05, 0) is 60.4 Å².